The summed E-state index contributed by atoms with van der Waals surface area (Å²) in [6.45, 7) is 1.60. The number of pyridine rings is 1. The van der Waals surface area contributed by atoms with Gasteiger partial charge in [0, 0.05) is 31.5 Å². The highest BCUT2D eigenvalue weighted by Gasteiger charge is 2.28. The van der Waals surface area contributed by atoms with E-state index in [0.29, 0.717) is 15.6 Å². The molecule has 0 aliphatic carbocycles. The third kappa shape index (κ3) is 4.91. The van der Waals surface area contributed by atoms with Gasteiger partial charge in [-0.2, -0.15) is 0 Å². The molecule has 1 aliphatic heterocycles. The molecule has 1 N–H and O–H groups in total. The molecule has 4 aromatic rings. The highest BCUT2D eigenvalue weighted by atomic mass is 32.2. The van der Waals surface area contributed by atoms with Gasteiger partial charge in [0.2, 0.25) is 4.90 Å². The van der Waals surface area contributed by atoms with E-state index in [0.717, 1.165) is 62.7 Å². The molecule has 36 heavy (non-hydrogen) atoms. The number of hydrogen-bond donors (Lipinski definition) is 1. The summed E-state index contributed by atoms with van der Waals surface area (Å²) in [6, 6.07) is 8.02. The van der Waals surface area contributed by atoms with Crippen molar-refractivity contribution in [3.8, 4) is 21.7 Å². The van der Waals surface area contributed by atoms with Gasteiger partial charge in [-0.25, -0.2) is 27.3 Å². The molecule has 186 valence electrons. The van der Waals surface area contributed by atoms with Gasteiger partial charge in [-0.15, -0.1) is 0 Å². The van der Waals surface area contributed by atoms with Crippen LogP contribution in [0.4, 0.5) is 28.4 Å². The van der Waals surface area contributed by atoms with E-state index in [9.17, 15) is 13.3 Å². The molecule has 0 amide bonds. The molecule has 3 heterocycles. The van der Waals surface area contributed by atoms with Gasteiger partial charge in [-0.05, 0) is 61.2 Å². The maximum atomic E-state index is 15.8. The average Bonchev–Trinajstić information content (AvgIpc) is 3.33. The molecule has 0 saturated carbocycles. The van der Waals surface area contributed by atoms with Crippen molar-refractivity contribution in [3.05, 3.63) is 78.1 Å². The van der Waals surface area contributed by atoms with E-state index < -0.39 is 45.1 Å². The molecule has 2 aromatic heterocycles. The van der Waals surface area contributed by atoms with Crippen molar-refractivity contribution in [1.29, 1.82) is 0 Å². The van der Waals surface area contributed by atoms with Crippen LogP contribution in [0.5, 0.6) is 0 Å². The van der Waals surface area contributed by atoms with Crippen molar-refractivity contribution in [2.24, 2.45) is 0 Å². The minimum absolute atomic E-state index is 0.105. The largest absolute Gasteiger partial charge is 0.588 e. The van der Waals surface area contributed by atoms with E-state index in [4.69, 9.17) is 0 Å². The minimum atomic E-state index is -2.34. The van der Waals surface area contributed by atoms with Crippen molar-refractivity contribution in [2.75, 3.05) is 22.7 Å². The third-order valence-electron chi connectivity index (χ3n) is 5.81. The van der Waals surface area contributed by atoms with Crippen molar-refractivity contribution in [1.82, 2.24) is 9.97 Å². The number of thiazole rings is 1. The molecule has 5 rings (SSSR count). The number of rotatable bonds is 6. The second kappa shape index (κ2) is 10.5. The Kier molecular flexibility index (Phi) is 7.13. The Balaban J connectivity index is 1.58. The topological polar surface area (TPSA) is 64.1 Å². The van der Waals surface area contributed by atoms with Crippen LogP contribution < -0.4 is 9.62 Å². The molecule has 1 saturated heterocycles. The molecular formula is C25H20F4N4OS2. The Hall–Kier alpha value is -3.15. The summed E-state index contributed by atoms with van der Waals surface area (Å²) in [7, 11) is 0. The molecule has 1 aliphatic rings. The lowest BCUT2D eigenvalue weighted by Crippen LogP contribution is -2.29. The maximum Gasteiger partial charge on any atom is 0.218 e. The number of piperidine rings is 1. The van der Waals surface area contributed by atoms with E-state index in [2.05, 4.69) is 19.6 Å². The van der Waals surface area contributed by atoms with E-state index in [1.807, 2.05) is 0 Å². The molecule has 5 nitrogen and oxygen atoms in total. The van der Waals surface area contributed by atoms with Crippen molar-refractivity contribution < 1.29 is 22.1 Å². The van der Waals surface area contributed by atoms with Gasteiger partial charge in [-0.1, -0.05) is 11.3 Å². The van der Waals surface area contributed by atoms with Gasteiger partial charge >= 0.3 is 0 Å². The van der Waals surface area contributed by atoms with E-state index in [-0.39, 0.29) is 11.4 Å². The number of anilines is 2. The van der Waals surface area contributed by atoms with Crippen LogP contribution >= 0.6 is 11.3 Å². The second-order valence-corrected chi connectivity index (χ2v) is 10.3. The zero-order valence-corrected chi connectivity index (χ0v) is 20.4. The molecule has 2 aromatic carbocycles. The van der Waals surface area contributed by atoms with Crippen LogP contribution in [0.15, 0.2) is 59.8 Å². The standard InChI is InChI=1S/C25H20F4N4OS2/c26-16-4-5-17(27)20(14-16)36(34)32-19-7-6-18(28)21(22(19)29)23-24(15-8-10-30-11-9-15)35-25(31-23)33-12-2-1-3-13-33/h4-11,14,32H,1-3,12-13H2. The maximum absolute atomic E-state index is 15.8. The van der Waals surface area contributed by atoms with Gasteiger partial charge in [-0.3, -0.25) is 4.98 Å². The Bertz CT molecular complexity index is 1380. The molecule has 11 heteroatoms. The van der Waals surface area contributed by atoms with E-state index in [1.54, 1.807) is 24.5 Å². The Labute approximate surface area is 212 Å². The number of aromatic nitrogens is 2. The first kappa shape index (κ1) is 24.5. The van der Waals surface area contributed by atoms with Crippen LogP contribution in [0.25, 0.3) is 21.7 Å². The fourth-order valence-corrected chi connectivity index (χ4v) is 6.08. The smallest absolute Gasteiger partial charge is 0.218 e. The molecule has 0 radical (unpaired) electrons. The number of nitrogens with zero attached hydrogens (tertiary/aromatic N) is 3. The van der Waals surface area contributed by atoms with Gasteiger partial charge in [0.15, 0.2) is 16.8 Å². The predicted octanol–water partition coefficient (Wildman–Crippen LogP) is 6.55. The van der Waals surface area contributed by atoms with Crippen LogP contribution in [0.2, 0.25) is 0 Å². The number of hydrogen-bond acceptors (Lipinski definition) is 6. The first-order chi connectivity index (χ1) is 17.4. The van der Waals surface area contributed by atoms with E-state index in [1.165, 1.54) is 11.3 Å². The molecule has 1 fully saturated rings. The summed E-state index contributed by atoms with van der Waals surface area (Å²) in [6.07, 6.45) is 6.29. The van der Waals surface area contributed by atoms with Gasteiger partial charge in [0.05, 0.1) is 16.1 Å². The fraction of sp³-hybridized carbons (Fsp3) is 0.200. The molecule has 0 bridgehead atoms. The van der Waals surface area contributed by atoms with Crippen LogP contribution in [-0.4, -0.2) is 27.6 Å². The summed E-state index contributed by atoms with van der Waals surface area (Å²) >= 11 is -1.01. The second-order valence-electron chi connectivity index (χ2n) is 8.19. The molecule has 1 atom stereocenters. The van der Waals surface area contributed by atoms with Crippen molar-refractivity contribution >= 4 is 33.5 Å². The summed E-state index contributed by atoms with van der Waals surface area (Å²) in [5, 5.41) is 0.652. The minimum Gasteiger partial charge on any atom is -0.588 e. The SMILES string of the molecule is [O-][S+](Nc1ccc(F)c(-c2nc(N3CCCCC3)sc2-c2ccncc2)c1F)c1cc(F)ccc1F. The molecular weight excluding hydrogens is 512 g/mol. The first-order valence-corrected chi connectivity index (χ1v) is 13.2. The third-order valence-corrected chi connectivity index (χ3v) is 8.09. The lowest BCUT2D eigenvalue weighted by molar-refractivity contribution is 0.554. The summed E-state index contributed by atoms with van der Waals surface area (Å²) in [5.41, 5.74) is 0.0705. The quantitative estimate of drug-likeness (QED) is 0.225. The Morgan fingerprint density at radius 2 is 1.64 bits per heavy atom. The van der Waals surface area contributed by atoms with Crippen LogP contribution in [0.3, 0.4) is 0 Å². The highest BCUT2D eigenvalue weighted by molar-refractivity contribution is 7.92. The number of nitrogens with one attached hydrogen (secondary N) is 1. The van der Waals surface area contributed by atoms with Gasteiger partial charge in [0.1, 0.15) is 28.7 Å². The van der Waals surface area contributed by atoms with Crippen LogP contribution in [-0.2, 0) is 11.4 Å². The summed E-state index contributed by atoms with van der Waals surface area (Å²) < 4.78 is 73.5. The summed E-state index contributed by atoms with van der Waals surface area (Å²) in [4.78, 5) is 10.8. The number of benzene rings is 2. The van der Waals surface area contributed by atoms with Crippen molar-refractivity contribution in [3.63, 3.8) is 0 Å². The van der Waals surface area contributed by atoms with Crippen LogP contribution in [0.1, 0.15) is 19.3 Å². The lowest BCUT2D eigenvalue weighted by atomic mass is 10.1. The lowest BCUT2D eigenvalue weighted by Gasteiger charge is -2.25. The zero-order chi connectivity index (χ0) is 25.2. The fourth-order valence-electron chi connectivity index (χ4n) is 4.02. The van der Waals surface area contributed by atoms with Crippen LogP contribution in [0, 0.1) is 23.3 Å². The monoisotopic (exact) mass is 532 g/mol. The molecule has 0 spiro atoms. The predicted molar refractivity (Wildman–Crippen MR) is 133 cm³/mol. The zero-order valence-electron chi connectivity index (χ0n) is 18.8. The Morgan fingerprint density at radius 3 is 2.39 bits per heavy atom. The van der Waals surface area contributed by atoms with Crippen molar-refractivity contribution in [2.45, 2.75) is 24.2 Å². The van der Waals surface area contributed by atoms with Gasteiger partial charge < -0.3 is 9.45 Å². The van der Waals surface area contributed by atoms with E-state index >= 15 is 8.78 Å². The summed E-state index contributed by atoms with van der Waals surface area (Å²) in [5.74, 6) is -3.61. The Morgan fingerprint density at radius 1 is 0.917 bits per heavy atom. The normalized spacial score (nSPS) is 14.6. The molecule has 1 unspecified atom stereocenters. The highest BCUT2D eigenvalue weighted by Crippen LogP contribution is 2.43. The number of halogens is 4. The average molecular weight is 533 g/mol. The van der Waals surface area contributed by atoms with Gasteiger partial charge in [0.25, 0.3) is 0 Å². The first-order valence-electron chi connectivity index (χ1n) is 11.2.